The largest absolute Gasteiger partial charge is 0.497 e. The van der Waals surface area contributed by atoms with Gasteiger partial charge in [-0.2, -0.15) is 0 Å². The van der Waals surface area contributed by atoms with Crippen LogP contribution >= 0.6 is 0 Å². The number of rotatable bonds is 10. The zero-order valence-electron chi connectivity index (χ0n) is 34.3. The minimum absolute atomic E-state index is 0.0338. The molecule has 3 aliphatic heterocycles. The normalized spacial score (nSPS) is 40.3. The van der Waals surface area contributed by atoms with Crippen molar-refractivity contribution in [1.29, 1.82) is 0 Å². The highest BCUT2D eigenvalue weighted by atomic mass is 16.5. The lowest BCUT2D eigenvalue weighted by atomic mass is 9.43. The number of ether oxygens (including phenoxy) is 3. The molecule has 2 bridgehead atoms. The van der Waals surface area contributed by atoms with Crippen LogP contribution in [-0.2, 0) is 25.5 Å². The zero-order chi connectivity index (χ0) is 38.8. The number of nitrogens with zero attached hydrogens (tertiary/aromatic N) is 2. The number of fused-ring (bicyclic) bond motifs is 9. The van der Waals surface area contributed by atoms with Gasteiger partial charge in [-0.1, -0.05) is 26.8 Å². The number of methoxy groups -OCH3 is 1. The van der Waals surface area contributed by atoms with Crippen molar-refractivity contribution in [3.05, 3.63) is 48.2 Å². The van der Waals surface area contributed by atoms with Crippen LogP contribution in [0, 0.1) is 58.2 Å². The summed E-state index contributed by atoms with van der Waals surface area (Å²) in [7, 11) is 1.69. The van der Waals surface area contributed by atoms with Gasteiger partial charge in [-0.25, -0.2) is 0 Å². The highest BCUT2D eigenvalue weighted by molar-refractivity contribution is 5.84. The molecule has 7 fully saturated rings. The first-order valence-electron chi connectivity index (χ1n) is 21.7. The van der Waals surface area contributed by atoms with Crippen LogP contribution in [0.25, 0.3) is 10.9 Å². The average molecular weight is 755 g/mol. The van der Waals surface area contributed by atoms with E-state index in [0.717, 1.165) is 92.4 Å². The number of piperidine rings is 3. The van der Waals surface area contributed by atoms with Crippen molar-refractivity contribution >= 4 is 22.8 Å². The predicted molar refractivity (Wildman–Crippen MR) is 214 cm³/mol. The van der Waals surface area contributed by atoms with E-state index in [2.05, 4.69) is 44.4 Å². The van der Waals surface area contributed by atoms with Crippen LogP contribution in [0.5, 0.6) is 5.75 Å². The van der Waals surface area contributed by atoms with Crippen molar-refractivity contribution in [3.8, 4) is 5.75 Å². The van der Waals surface area contributed by atoms with Gasteiger partial charge in [-0.3, -0.25) is 19.5 Å². The molecule has 0 amide bonds. The number of pyridine rings is 1. The van der Waals surface area contributed by atoms with Gasteiger partial charge in [0.05, 0.1) is 18.7 Å². The Labute approximate surface area is 329 Å². The Morgan fingerprint density at radius 3 is 2.53 bits per heavy atom. The SMILES string of the molecule is C=C[C@H]1CN2CC[C@H]1C[C@H]2[C@H](O)c1cc(CC[C@@H](C)[C@H]2CC[C@H]3[C@@H]4CC[C@@H]5C[C@H](OC(C)=O)CC[C@]5(C)[C@H]4C[C@H](OC(C)=O)[C@]23C)nc2ccc(OC)cc12. The quantitative estimate of drug-likeness (QED) is 0.190. The fraction of sp³-hybridized carbons (Fsp3) is 0.723. The Balaban J connectivity index is 1.02. The molecule has 1 N–H and O–H groups in total. The number of carbonyl (C=O) groups excluding carboxylic acids is 2. The van der Waals surface area contributed by atoms with Crippen molar-refractivity contribution in [3.63, 3.8) is 0 Å². The summed E-state index contributed by atoms with van der Waals surface area (Å²) in [6.07, 6.45) is 14.1. The van der Waals surface area contributed by atoms with Crippen molar-refractivity contribution in [2.45, 2.75) is 136 Å². The van der Waals surface area contributed by atoms with E-state index in [4.69, 9.17) is 19.2 Å². The van der Waals surface area contributed by atoms with E-state index < -0.39 is 6.10 Å². The summed E-state index contributed by atoms with van der Waals surface area (Å²) in [4.78, 5) is 32.3. The van der Waals surface area contributed by atoms with Crippen LogP contribution in [0.4, 0.5) is 0 Å². The van der Waals surface area contributed by atoms with Crippen molar-refractivity contribution in [1.82, 2.24) is 9.88 Å². The van der Waals surface area contributed by atoms with Gasteiger partial charge in [0.1, 0.15) is 18.0 Å². The van der Waals surface area contributed by atoms with Crippen LogP contribution in [-0.4, -0.2) is 65.4 Å². The lowest BCUT2D eigenvalue weighted by molar-refractivity contribution is -0.197. The molecule has 300 valence electrons. The maximum absolute atomic E-state index is 12.8. The third kappa shape index (κ3) is 6.83. The van der Waals surface area contributed by atoms with E-state index >= 15 is 0 Å². The molecule has 8 heteroatoms. The molecular formula is C47H66N2O6. The lowest BCUT2D eigenvalue weighted by Gasteiger charge is -2.62. The zero-order valence-corrected chi connectivity index (χ0v) is 34.3. The Morgan fingerprint density at radius 1 is 1.02 bits per heavy atom. The smallest absolute Gasteiger partial charge is 0.302 e. The first-order chi connectivity index (χ1) is 26.3. The maximum atomic E-state index is 12.8. The van der Waals surface area contributed by atoms with E-state index in [1.165, 1.54) is 32.6 Å². The first-order valence-corrected chi connectivity index (χ1v) is 21.7. The van der Waals surface area contributed by atoms with Gasteiger partial charge in [0, 0.05) is 42.9 Å². The molecule has 0 radical (unpaired) electrons. The van der Waals surface area contributed by atoms with Crippen molar-refractivity contribution < 1.29 is 28.9 Å². The predicted octanol–water partition coefficient (Wildman–Crippen LogP) is 8.87. The highest BCUT2D eigenvalue weighted by Crippen LogP contribution is 2.69. The fourth-order valence-electron chi connectivity index (χ4n) is 14.1. The van der Waals surface area contributed by atoms with E-state index in [1.54, 1.807) is 14.0 Å². The van der Waals surface area contributed by atoms with Crippen LogP contribution in [0.2, 0.25) is 0 Å². The number of esters is 2. The molecule has 4 aliphatic carbocycles. The Morgan fingerprint density at radius 2 is 1.82 bits per heavy atom. The molecule has 1 unspecified atom stereocenters. The maximum Gasteiger partial charge on any atom is 0.302 e. The van der Waals surface area contributed by atoms with E-state index in [-0.39, 0.29) is 41.0 Å². The van der Waals surface area contributed by atoms with Crippen molar-refractivity contribution in [2.24, 2.45) is 58.2 Å². The van der Waals surface area contributed by atoms with E-state index in [0.29, 0.717) is 47.3 Å². The molecule has 1 aromatic heterocycles. The molecule has 4 saturated carbocycles. The van der Waals surface area contributed by atoms with Crippen LogP contribution in [0.15, 0.2) is 36.9 Å². The second kappa shape index (κ2) is 15.1. The molecule has 1 aromatic carbocycles. The molecule has 9 rings (SSSR count). The average Bonchev–Trinajstić information content (AvgIpc) is 3.54. The summed E-state index contributed by atoms with van der Waals surface area (Å²) in [6, 6.07) is 8.34. The van der Waals surface area contributed by atoms with Gasteiger partial charge in [-0.05, 0) is 166 Å². The number of carbonyl (C=O) groups is 2. The van der Waals surface area contributed by atoms with Crippen molar-refractivity contribution in [2.75, 3.05) is 20.2 Å². The summed E-state index contributed by atoms with van der Waals surface area (Å²) in [5.41, 5.74) is 3.02. The summed E-state index contributed by atoms with van der Waals surface area (Å²) in [6.45, 7) is 16.6. The number of hydrogen-bond donors (Lipinski definition) is 1. The Hall–Kier alpha value is -2.97. The van der Waals surface area contributed by atoms with E-state index in [9.17, 15) is 14.7 Å². The number of aryl methyl sites for hydroxylation is 1. The second-order valence-corrected chi connectivity index (χ2v) is 19.3. The minimum atomic E-state index is -0.606. The van der Waals surface area contributed by atoms with Crippen LogP contribution < -0.4 is 4.74 Å². The number of hydrogen-bond acceptors (Lipinski definition) is 8. The molecule has 2 aromatic rings. The summed E-state index contributed by atoms with van der Waals surface area (Å²) in [5.74, 6) is 4.63. The standard InChI is InChI=1S/C47H66N2O6/c1-8-30-26-49-20-18-31(30)21-43(49)45(52)38-23-33(48-42-16-12-34(53-7)24-37(38)42)11-9-27(2)39-14-15-40-36-13-10-32-22-35(54-28(3)50)17-19-46(32,5)41(36)25-44(47(39,40)6)55-29(4)51/h8,12,16,23-24,27,30-32,35-36,39-41,43-45,52H,1,9-11,13-15,17-22,25-26H2,2-7H3/t27-,30+,31+,32-,35-,36+,39-,40+,41+,43+,44+,45-,46+,47-/m1/s1. The van der Waals surface area contributed by atoms with Crippen LogP contribution in [0.1, 0.15) is 123 Å². The minimum Gasteiger partial charge on any atom is -0.497 e. The fourth-order valence-corrected chi connectivity index (χ4v) is 14.1. The number of aliphatic hydroxyl groups is 1. The molecule has 7 aliphatic rings. The van der Waals surface area contributed by atoms with Gasteiger partial charge in [-0.15, -0.1) is 6.58 Å². The summed E-state index contributed by atoms with van der Waals surface area (Å²) in [5, 5.41) is 13.1. The number of aromatic nitrogens is 1. The molecule has 55 heavy (non-hydrogen) atoms. The molecule has 4 heterocycles. The molecule has 3 saturated heterocycles. The second-order valence-electron chi connectivity index (χ2n) is 19.3. The van der Waals surface area contributed by atoms with Gasteiger partial charge in [0.25, 0.3) is 0 Å². The molecule has 8 nitrogen and oxygen atoms in total. The van der Waals surface area contributed by atoms with Gasteiger partial charge in [0.2, 0.25) is 0 Å². The molecule has 15 atom stereocenters. The number of benzene rings is 1. The topological polar surface area (TPSA) is 98.2 Å². The Bertz CT molecular complexity index is 1780. The third-order valence-corrected chi connectivity index (χ3v) is 16.9. The van der Waals surface area contributed by atoms with Crippen LogP contribution in [0.3, 0.4) is 0 Å². The first kappa shape index (κ1) is 38.9. The molecular weight excluding hydrogens is 689 g/mol. The lowest BCUT2D eigenvalue weighted by Crippen LogP contribution is -2.59. The van der Waals surface area contributed by atoms with E-state index in [1.807, 2.05) is 18.2 Å². The Kier molecular flexibility index (Phi) is 10.7. The number of aliphatic hydroxyl groups excluding tert-OH is 1. The molecule has 0 spiro atoms. The summed E-state index contributed by atoms with van der Waals surface area (Å²) >= 11 is 0. The monoisotopic (exact) mass is 754 g/mol. The van der Waals surface area contributed by atoms with Gasteiger partial charge < -0.3 is 19.3 Å². The third-order valence-electron chi connectivity index (χ3n) is 16.9. The van der Waals surface area contributed by atoms with Gasteiger partial charge in [0.15, 0.2) is 0 Å². The summed E-state index contributed by atoms with van der Waals surface area (Å²) < 4.78 is 17.8. The highest BCUT2D eigenvalue weighted by Gasteiger charge is 2.65. The van der Waals surface area contributed by atoms with Gasteiger partial charge >= 0.3 is 11.9 Å².